The van der Waals surface area contributed by atoms with Crippen molar-refractivity contribution in [3.63, 3.8) is 0 Å². The lowest BCUT2D eigenvalue weighted by atomic mass is 9.90. The Labute approximate surface area is 181 Å². The predicted molar refractivity (Wildman–Crippen MR) is 119 cm³/mol. The van der Waals surface area contributed by atoms with Crippen molar-refractivity contribution in [1.82, 2.24) is 0 Å². The summed E-state index contributed by atoms with van der Waals surface area (Å²) in [5.74, 6) is 1.99. The van der Waals surface area contributed by atoms with E-state index < -0.39 is 5.54 Å². The Bertz CT molecular complexity index is 1070. The van der Waals surface area contributed by atoms with E-state index in [1.54, 1.807) is 21.3 Å². The molecule has 3 aliphatic rings. The Morgan fingerprint density at radius 1 is 1.13 bits per heavy atom. The van der Waals surface area contributed by atoms with Crippen LogP contribution < -0.4 is 19.7 Å². The number of aliphatic imine (C=N–C) groups is 1. The number of para-hydroxylation sites is 1. The highest BCUT2D eigenvalue weighted by molar-refractivity contribution is 6.38. The van der Waals surface area contributed by atoms with E-state index >= 15 is 0 Å². The van der Waals surface area contributed by atoms with Crippen LogP contribution in [0.4, 0.5) is 11.4 Å². The van der Waals surface area contributed by atoms with Gasteiger partial charge in [-0.2, -0.15) is 0 Å². The van der Waals surface area contributed by atoms with Gasteiger partial charge in [-0.15, -0.1) is 0 Å². The smallest absolute Gasteiger partial charge is 0.196 e. The SMILES string of the molecule is CN=C1C(=C2Cc3ccccc3N2)C(=O)[C@@]2(CCOC2)N1c1cc(OC)cc(OC)c1. The molecule has 3 heterocycles. The van der Waals surface area contributed by atoms with E-state index in [1.807, 2.05) is 41.3 Å². The van der Waals surface area contributed by atoms with Crippen molar-refractivity contribution in [1.29, 1.82) is 0 Å². The molecule has 0 saturated carbocycles. The number of nitrogens with one attached hydrogen (secondary N) is 1. The molecule has 0 radical (unpaired) electrons. The monoisotopic (exact) mass is 419 g/mol. The summed E-state index contributed by atoms with van der Waals surface area (Å²) in [6, 6.07) is 13.8. The Morgan fingerprint density at radius 2 is 1.87 bits per heavy atom. The summed E-state index contributed by atoms with van der Waals surface area (Å²) in [5, 5.41) is 3.46. The molecule has 0 aromatic heterocycles. The molecule has 1 N–H and O–H groups in total. The van der Waals surface area contributed by atoms with Gasteiger partial charge in [0.1, 0.15) is 22.9 Å². The Balaban J connectivity index is 1.69. The number of anilines is 2. The molecule has 0 bridgehead atoms. The van der Waals surface area contributed by atoms with Gasteiger partial charge in [-0.1, -0.05) is 18.2 Å². The van der Waals surface area contributed by atoms with Gasteiger partial charge in [-0.25, -0.2) is 0 Å². The lowest BCUT2D eigenvalue weighted by Gasteiger charge is -2.33. The van der Waals surface area contributed by atoms with E-state index in [0.29, 0.717) is 49.0 Å². The van der Waals surface area contributed by atoms with Crippen LogP contribution in [0.3, 0.4) is 0 Å². The normalized spacial score (nSPS) is 26.0. The van der Waals surface area contributed by atoms with Crippen LogP contribution in [0.1, 0.15) is 12.0 Å². The van der Waals surface area contributed by atoms with E-state index in [4.69, 9.17) is 14.2 Å². The fourth-order valence-corrected chi connectivity index (χ4v) is 4.78. The third kappa shape index (κ3) is 2.91. The summed E-state index contributed by atoms with van der Waals surface area (Å²) in [4.78, 5) is 20.6. The van der Waals surface area contributed by atoms with Gasteiger partial charge in [0, 0.05) is 56.1 Å². The molecular formula is C24H25N3O4. The molecule has 7 nitrogen and oxygen atoms in total. The number of Topliss-reactive ketones (excluding diaryl/α,β-unsaturated/α-hetero) is 1. The highest BCUT2D eigenvalue weighted by atomic mass is 16.5. The first-order valence-electron chi connectivity index (χ1n) is 10.3. The third-order valence-corrected chi connectivity index (χ3v) is 6.29. The zero-order valence-corrected chi connectivity index (χ0v) is 17.9. The Kier molecular flexibility index (Phi) is 4.70. The highest BCUT2D eigenvalue weighted by Gasteiger charge is 2.58. The number of carbonyl (C=O) groups is 1. The molecule has 31 heavy (non-hydrogen) atoms. The number of carbonyl (C=O) groups excluding carboxylic acids is 1. The number of fused-ring (bicyclic) bond motifs is 1. The first kappa shape index (κ1) is 19.6. The third-order valence-electron chi connectivity index (χ3n) is 6.29. The van der Waals surface area contributed by atoms with Crippen molar-refractivity contribution in [3.05, 3.63) is 59.3 Å². The van der Waals surface area contributed by atoms with E-state index in [2.05, 4.69) is 16.4 Å². The van der Waals surface area contributed by atoms with Gasteiger partial charge in [0.15, 0.2) is 5.78 Å². The average Bonchev–Trinajstić information content (AvgIpc) is 3.50. The molecule has 2 fully saturated rings. The van der Waals surface area contributed by atoms with Gasteiger partial charge in [0.25, 0.3) is 0 Å². The summed E-state index contributed by atoms with van der Waals surface area (Å²) >= 11 is 0. The van der Waals surface area contributed by atoms with Gasteiger partial charge in [0.05, 0.1) is 32.1 Å². The Hall–Kier alpha value is -3.32. The molecule has 2 saturated heterocycles. The van der Waals surface area contributed by atoms with Crippen molar-refractivity contribution >= 4 is 23.0 Å². The zero-order chi connectivity index (χ0) is 21.6. The summed E-state index contributed by atoms with van der Waals surface area (Å²) in [6.07, 6.45) is 1.26. The molecule has 2 aromatic rings. The van der Waals surface area contributed by atoms with Crippen LogP contribution in [0.2, 0.25) is 0 Å². The summed E-state index contributed by atoms with van der Waals surface area (Å²) in [5.41, 5.74) is 3.69. The highest BCUT2D eigenvalue weighted by Crippen LogP contribution is 2.45. The number of hydrogen-bond donors (Lipinski definition) is 1. The van der Waals surface area contributed by atoms with Crippen LogP contribution in [-0.4, -0.2) is 51.6 Å². The molecule has 1 spiro atoms. The standard InChI is InChI=1S/C24H25N3O4/c1-25-23-21(20-10-15-6-4-5-7-19(15)26-20)22(28)24(8-9-31-14-24)27(23)16-11-17(29-2)13-18(12-16)30-3/h4-7,11-13,26H,8-10,14H2,1-3H3/t24-/m0/s1. The van der Waals surface area contributed by atoms with Crippen molar-refractivity contribution in [2.75, 3.05) is 44.7 Å². The summed E-state index contributed by atoms with van der Waals surface area (Å²) in [7, 11) is 4.96. The van der Waals surface area contributed by atoms with Gasteiger partial charge < -0.3 is 24.4 Å². The lowest BCUT2D eigenvalue weighted by molar-refractivity contribution is -0.119. The van der Waals surface area contributed by atoms with Crippen LogP contribution in [0.5, 0.6) is 11.5 Å². The predicted octanol–water partition coefficient (Wildman–Crippen LogP) is 3.20. The second-order valence-corrected chi connectivity index (χ2v) is 7.93. The number of nitrogens with zero attached hydrogens (tertiary/aromatic N) is 2. The number of ether oxygens (including phenoxy) is 3. The van der Waals surface area contributed by atoms with Gasteiger partial charge >= 0.3 is 0 Å². The van der Waals surface area contributed by atoms with Crippen molar-refractivity contribution < 1.29 is 19.0 Å². The molecule has 3 aliphatic heterocycles. The first-order valence-corrected chi connectivity index (χ1v) is 10.3. The first-order chi connectivity index (χ1) is 15.1. The molecule has 0 unspecified atom stereocenters. The van der Waals surface area contributed by atoms with Crippen LogP contribution in [-0.2, 0) is 16.0 Å². The minimum atomic E-state index is -0.828. The zero-order valence-electron chi connectivity index (χ0n) is 17.9. The summed E-state index contributed by atoms with van der Waals surface area (Å²) in [6.45, 7) is 0.838. The molecule has 160 valence electrons. The molecule has 7 heteroatoms. The van der Waals surface area contributed by atoms with Gasteiger partial charge in [-0.3, -0.25) is 9.79 Å². The number of hydrogen-bond acceptors (Lipinski definition) is 6. The van der Waals surface area contributed by atoms with Crippen molar-refractivity contribution in [2.45, 2.75) is 18.4 Å². The second-order valence-electron chi connectivity index (χ2n) is 7.93. The minimum absolute atomic E-state index is 0.0442. The van der Waals surface area contributed by atoms with E-state index in [-0.39, 0.29) is 5.78 Å². The van der Waals surface area contributed by atoms with Gasteiger partial charge in [0.2, 0.25) is 0 Å². The molecule has 5 rings (SSSR count). The number of rotatable bonds is 3. The van der Waals surface area contributed by atoms with Gasteiger partial charge in [-0.05, 0) is 11.6 Å². The summed E-state index contributed by atoms with van der Waals surface area (Å²) < 4.78 is 16.7. The minimum Gasteiger partial charge on any atom is -0.497 e. The Morgan fingerprint density at radius 3 is 2.48 bits per heavy atom. The number of benzene rings is 2. The number of methoxy groups -OCH3 is 2. The maximum atomic E-state index is 14.0. The fraction of sp³-hybridized carbons (Fsp3) is 0.333. The second kappa shape index (κ2) is 7.42. The van der Waals surface area contributed by atoms with E-state index in [1.165, 1.54) is 5.56 Å². The molecule has 1 atom stereocenters. The van der Waals surface area contributed by atoms with Crippen LogP contribution in [0, 0.1) is 0 Å². The maximum absolute atomic E-state index is 14.0. The molecular weight excluding hydrogens is 394 g/mol. The van der Waals surface area contributed by atoms with Crippen molar-refractivity contribution in [2.24, 2.45) is 4.99 Å². The van der Waals surface area contributed by atoms with Crippen LogP contribution in [0.25, 0.3) is 0 Å². The maximum Gasteiger partial charge on any atom is 0.196 e. The largest absolute Gasteiger partial charge is 0.497 e. The fourth-order valence-electron chi connectivity index (χ4n) is 4.78. The van der Waals surface area contributed by atoms with Crippen LogP contribution in [0.15, 0.2) is 58.7 Å². The number of ketones is 1. The molecule has 0 aliphatic carbocycles. The molecule has 2 aromatic carbocycles. The van der Waals surface area contributed by atoms with E-state index in [0.717, 1.165) is 17.1 Å². The average molecular weight is 419 g/mol. The van der Waals surface area contributed by atoms with Crippen molar-refractivity contribution in [3.8, 4) is 11.5 Å². The topological polar surface area (TPSA) is 72.4 Å². The number of allylic oxidation sites excluding steroid dienone is 1. The number of amidine groups is 1. The lowest BCUT2D eigenvalue weighted by Crippen LogP contribution is -2.50. The van der Waals surface area contributed by atoms with E-state index in [9.17, 15) is 4.79 Å². The molecule has 0 amide bonds. The van der Waals surface area contributed by atoms with Crippen LogP contribution >= 0.6 is 0 Å². The quantitative estimate of drug-likeness (QED) is 0.771.